The van der Waals surface area contributed by atoms with E-state index in [1.165, 1.54) is 52.0 Å². The van der Waals surface area contributed by atoms with Gasteiger partial charge in [-0.2, -0.15) is 0 Å². The predicted molar refractivity (Wildman–Crippen MR) is 84.8 cm³/mol. The van der Waals surface area contributed by atoms with E-state index >= 15 is 0 Å². The van der Waals surface area contributed by atoms with E-state index in [0.29, 0.717) is 5.54 Å². The summed E-state index contributed by atoms with van der Waals surface area (Å²) in [7, 11) is 0. The lowest BCUT2D eigenvalue weighted by atomic mass is 10.0. The molecule has 0 amide bonds. The zero-order chi connectivity index (χ0) is 14.3. The third-order valence-corrected chi connectivity index (χ3v) is 4.33. The topological polar surface area (TPSA) is 18.5 Å². The van der Waals surface area contributed by atoms with E-state index < -0.39 is 0 Å². The van der Waals surface area contributed by atoms with Crippen LogP contribution in [0.3, 0.4) is 0 Å². The number of hydrogen-bond acceptors (Lipinski definition) is 3. The van der Waals surface area contributed by atoms with E-state index in [0.717, 1.165) is 12.6 Å². The Morgan fingerprint density at radius 1 is 1.05 bits per heavy atom. The zero-order valence-electron chi connectivity index (χ0n) is 13.8. The van der Waals surface area contributed by atoms with E-state index in [4.69, 9.17) is 0 Å². The SMILES string of the molecule is CCNC(CC)CCCN1CCN(C(C)(C)C)CC1. The molecule has 0 aliphatic carbocycles. The van der Waals surface area contributed by atoms with Crippen LogP contribution in [-0.2, 0) is 0 Å². The highest BCUT2D eigenvalue weighted by Crippen LogP contribution is 2.16. The van der Waals surface area contributed by atoms with Gasteiger partial charge in [0.2, 0.25) is 0 Å². The molecule has 0 spiro atoms. The Hall–Kier alpha value is -0.120. The Labute approximate surface area is 120 Å². The molecular formula is C16H35N3. The summed E-state index contributed by atoms with van der Waals surface area (Å²) in [6.45, 7) is 18.8. The zero-order valence-corrected chi connectivity index (χ0v) is 13.8. The van der Waals surface area contributed by atoms with Crippen molar-refractivity contribution in [2.45, 2.75) is 65.5 Å². The highest BCUT2D eigenvalue weighted by Gasteiger charge is 2.25. The first-order valence-corrected chi connectivity index (χ1v) is 8.18. The number of piperazine rings is 1. The number of hydrogen-bond donors (Lipinski definition) is 1. The van der Waals surface area contributed by atoms with E-state index in [1.54, 1.807) is 0 Å². The summed E-state index contributed by atoms with van der Waals surface area (Å²) in [5.41, 5.74) is 0.338. The van der Waals surface area contributed by atoms with E-state index in [9.17, 15) is 0 Å². The smallest absolute Gasteiger partial charge is 0.0126 e. The van der Waals surface area contributed by atoms with Gasteiger partial charge in [-0.3, -0.25) is 4.90 Å². The van der Waals surface area contributed by atoms with Crippen LogP contribution in [-0.4, -0.2) is 60.6 Å². The average Bonchev–Trinajstić information content (AvgIpc) is 2.37. The van der Waals surface area contributed by atoms with Crippen LogP contribution >= 0.6 is 0 Å². The second-order valence-electron chi connectivity index (χ2n) is 6.80. The molecule has 1 heterocycles. The number of rotatable bonds is 7. The molecule has 0 aromatic carbocycles. The van der Waals surface area contributed by atoms with Gasteiger partial charge in [0.1, 0.15) is 0 Å². The van der Waals surface area contributed by atoms with Crippen molar-refractivity contribution in [3.05, 3.63) is 0 Å². The number of nitrogens with zero attached hydrogens (tertiary/aromatic N) is 2. The minimum atomic E-state index is 0.338. The van der Waals surface area contributed by atoms with Gasteiger partial charge in [0, 0.05) is 37.8 Å². The summed E-state index contributed by atoms with van der Waals surface area (Å²) >= 11 is 0. The van der Waals surface area contributed by atoms with Crippen molar-refractivity contribution in [1.82, 2.24) is 15.1 Å². The van der Waals surface area contributed by atoms with Crippen LogP contribution in [0.5, 0.6) is 0 Å². The molecule has 3 nitrogen and oxygen atoms in total. The van der Waals surface area contributed by atoms with E-state index in [1.807, 2.05) is 0 Å². The van der Waals surface area contributed by atoms with Crippen molar-refractivity contribution in [2.75, 3.05) is 39.3 Å². The van der Waals surface area contributed by atoms with Crippen LogP contribution in [0, 0.1) is 0 Å². The average molecular weight is 269 g/mol. The summed E-state index contributed by atoms with van der Waals surface area (Å²) in [4.78, 5) is 5.25. The van der Waals surface area contributed by atoms with E-state index in [2.05, 4.69) is 49.7 Å². The molecule has 1 rings (SSSR count). The molecule has 19 heavy (non-hydrogen) atoms. The van der Waals surface area contributed by atoms with Gasteiger partial charge in [-0.05, 0) is 53.1 Å². The standard InChI is InChI=1S/C16H35N3/c1-6-15(17-7-2)9-8-10-18-11-13-19(14-12-18)16(3,4)5/h15,17H,6-14H2,1-5H3. The second-order valence-corrected chi connectivity index (χ2v) is 6.80. The third kappa shape index (κ3) is 6.24. The molecule has 0 radical (unpaired) electrons. The molecule has 0 saturated carbocycles. The quantitative estimate of drug-likeness (QED) is 0.766. The molecule has 114 valence electrons. The van der Waals surface area contributed by atoms with E-state index in [-0.39, 0.29) is 0 Å². The first-order valence-electron chi connectivity index (χ1n) is 8.18. The first kappa shape index (κ1) is 16.9. The molecule has 1 aliphatic rings. The molecule has 1 unspecified atom stereocenters. The van der Waals surface area contributed by atoms with Crippen LogP contribution in [0.15, 0.2) is 0 Å². The maximum absolute atomic E-state index is 3.57. The lowest BCUT2D eigenvalue weighted by Gasteiger charge is -2.42. The normalized spacial score (nSPS) is 20.7. The summed E-state index contributed by atoms with van der Waals surface area (Å²) in [6, 6.07) is 0.723. The molecule has 0 bridgehead atoms. The van der Waals surface area contributed by atoms with Crippen molar-refractivity contribution >= 4 is 0 Å². The van der Waals surface area contributed by atoms with Crippen LogP contribution in [0.2, 0.25) is 0 Å². The predicted octanol–water partition coefficient (Wildman–Crippen LogP) is 2.57. The van der Waals surface area contributed by atoms with Crippen LogP contribution < -0.4 is 5.32 Å². The van der Waals surface area contributed by atoms with Crippen molar-refractivity contribution in [3.8, 4) is 0 Å². The summed E-state index contributed by atoms with van der Waals surface area (Å²) in [6.07, 6.45) is 3.91. The minimum absolute atomic E-state index is 0.338. The monoisotopic (exact) mass is 269 g/mol. The van der Waals surface area contributed by atoms with Gasteiger partial charge >= 0.3 is 0 Å². The molecule has 1 atom stereocenters. The van der Waals surface area contributed by atoms with Crippen LogP contribution in [0.25, 0.3) is 0 Å². The maximum atomic E-state index is 3.57. The van der Waals surface area contributed by atoms with Crippen molar-refractivity contribution in [2.24, 2.45) is 0 Å². The van der Waals surface area contributed by atoms with Gasteiger partial charge in [-0.1, -0.05) is 13.8 Å². The first-order chi connectivity index (χ1) is 8.97. The Morgan fingerprint density at radius 2 is 1.68 bits per heavy atom. The Kier molecular flexibility index (Phi) is 7.33. The van der Waals surface area contributed by atoms with Gasteiger partial charge in [0.25, 0.3) is 0 Å². The molecule has 1 saturated heterocycles. The fourth-order valence-corrected chi connectivity index (χ4v) is 2.94. The van der Waals surface area contributed by atoms with Crippen molar-refractivity contribution in [3.63, 3.8) is 0 Å². The minimum Gasteiger partial charge on any atom is -0.314 e. The largest absolute Gasteiger partial charge is 0.314 e. The van der Waals surface area contributed by atoms with Gasteiger partial charge in [-0.15, -0.1) is 0 Å². The fraction of sp³-hybridized carbons (Fsp3) is 1.00. The second kappa shape index (κ2) is 8.23. The van der Waals surface area contributed by atoms with Gasteiger partial charge < -0.3 is 10.2 Å². The molecule has 1 fully saturated rings. The Morgan fingerprint density at radius 3 is 2.16 bits per heavy atom. The molecule has 1 N–H and O–H groups in total. The molecule has 3 heteroatoms. The van der Waals surface area contributed by atoms with Crippen LogP contribution in [0.4, 0.5) is 0 Å². The molecule has 1 aliphatic heterocycles. The highest BCUT2D eigenvalue weighted by atomic mass is 15.3. The van der Waals surface area contributed by atoms with Crippen LogP contribution in [0.1, 0.15) is 53.9 Å². The lowest BCUT2D eigenvalue weighted by molar-refractivity contribution is 0.0613. The summed E-state index contributed by atoms with van der Waals surface area (Å²) in [5, 5.41) is 3.57. The van der Waals surface area contributed by atoms with Crippen molar-refractivity contribution in [1.29, 1.82) is 0 Å². The Balaban J connectivity index is 2.16. The van der Waals surface area contributed by atoms with Gasteiger partial charge in [0.05, 0.1) is 0 Å². The highest BCUT2D eigenvalue weighted by molar-refractivity contribution is 4.82. The summed E-state index contributed by atoms with van der Waals surface area (Å²) in [5.74, 6) is 0. The lowest BCUT2D eigenvalue weighted by Crippen LogP contribution is -2.53. The van der Waals surface area contributed by atoms with Gasteiger partial charge in [-0.25, -0.2) is 0 Å². The molecular weight excluding hydrogens is 234 g/mol. The molecule has 0 aromatic rings. The third-order valence-electron chi connectivity index (χ3n) is 4.33. The fourth-order valence-electron chi connectivity index (χ4n) is 2.94. The summed E-state index contributed by atoms with van der Waals surface area (Å²) < 4.78 is 0. The Bertz CT molecular complexity index is 227. The van der Waals surface area contributed by atoms with Crippen molar-refractivity contribution < 1.29 is 0 Å². The van der Waals surface area contributed by atoms with Gasteiger partial charge in [0.15, 0.2) is 0 Å². The maximum Gasteiger partial charge on any atom is 0.0126 e. The number of nitrogens with one attached hydrogen (secondary N) is 1. The molecule has 0 aromatic heterocycles.